The lowest BCUT2D eigenvalue weighted by Gasteiger charge is -2.10. The van der Waals surface area contributed by atoms with Gasteiger partial charge >= 0.3 is 0 Å². The Bertz CT molecular complexity index is 614. The number of nitrogens with zero attached hydrogens (tertiary/aromatic N) is 1. The SMILES string of the molecule is CCNC(=NCCCS(=O)(=O)Cc1ccccc1)NC1CC1C. The summed E-state index contributed by atoms with van der Waals surface area (Å²) < 4.78 is 24.2. The molecular formula is C17H27N3O2S. The molecule has 1 saturated carbocycles. The van der Waals surface area contributed by atoms with Gasteiger partial charge in [0.25, 0.3) is 0 Å². The van der Waals surface area contributed by atoms with Crippen molar-refractivity contribution < 1.29 is 8.42 Å². The second-order valence-corrected chi connectivity index (χ2v) is 8.34. The third-order valence-electron chi connectivity index (χ3n) is 3.89. The fraction of sp³-hybridized carbons (Fsp3) is 0.588. The number of hydrogen-bond donors (Lipinski definition) is 2. The maximum atomic E-state index is 12.1. The summed E-state index contributed by atoms with van der Waals surface area (Å²) >= 11 is 0. The molecule has 1 fully saturated rings. The molecule has 1 aromatic carbocycles. The second-order valence-electron chi connectivity index (χ2n) is 6.16. The van der Waals surface area contributed by atoms with Crippen molar-refractivity contribution in [1.29, 1.82) is 0 Å². The van der Waals surface area contributed by atoms with Gasteiger partial charge in [-0.25, -0.2) is 8.42 Å². The molecule has 0 aliphatic heterocycles. The standard InChI is InChI=1S/C17H27N3O2S/c1-3-18-17(20-16-12-14(16)2)19-10-7-11-23(21,22)13-15-8-5-4-6-9-15/h4-6,8-9,14,16H,3,7,10-13H2,1-2H3,(H2,18,19,20). The van der Waals surface area contributed by atoms with Gasteiger partial charge in [0.1, 0.15) is 0 Å². The molecule has 0 bridgehead atoms. The maximum absolute atomic E-state index is 12.1. The molecule has 1 aliphatic rings. The Balaban J connectivity index is 1.76. The van der Waals surface area contributed by atoms with E-state index < -0.39 is 9.84 Å². The van der Waals surface area contributed by atoms with Gasteiger partial charge < -0.3 is 10.6 Å². The molecule has 1 aromatic rings. The van der Waals surface area contributed by atoms with Crippen molar-refractivity contribution in [3.8, 4) is 0 Å². The van der Waals surface area contributed by atoms with Crippen molar-refractivity contribution in [2.24, 2.45) is 10.9 Å². The van der Waals surface area contributed by atoms with Crippen molar-refractivity contribution in [3.05, 3.63) is 35.9 Å². The highest BCUT2D eigenvalue weighted by atomic mass is 32.2. The molecule has 2 unspecified atom stereocenters. The van der Waals surface area contributed by atoms with Crippen LogP contribution in [0.15, 0.2) is 35.3 Å². The van der Waals surface area contributed by atoms with E-state index in [1.165, 1.54) is 6.42 Å². The molecule has 0 saturated heterocycles. The van der Waals surface area contributed by atoms with Crippen molar-refractivity contribution in [1.82, 2.24) is 10.6 Å². The molecule has 0 radical (unpaired) electrons. The number of aliphatic imine (C=N–C) groups is 1. The largest absolute Gasteiger partial charge is 0.357 e. The summed E-state index contributed by atoms with van der Waals surface area (Å²) in [7, 11) is -3.07. The van der Waals surface area contributed by atoms with E-state index >= 15 is 0 Å². The first-order valence-electron chi connectivity index (χ1n) is 8.29. The number of benzene rings is 1. The van der Waals surface area contributed by atoms with Crippen LogP contribution in [0.1, 0.15) is 32.3 Å². The molecule has 1 aliphatic carbocycles. The molecule has 2 rings (SSSR count). The Hall–Kier alpha value is -1.56. The number of guanidine groups is 1. The zero-order valence-electron chi connectivity index (χ0n) is 14.0. The smallest absolute Gasteiger partial charge is 0.191 e. The van der Waals surface area contributed by atoms with Crippen molar-refractivity contribution in [2.45, 2.75) is 38.5 Å². The van der Waals surface area contributed by atoms with Crippen LogP contribution in [0.3, 0.4) is 0 Å². The average molecular weight is 337 g/mol. The number of nitrogens with one attached hydrogen (secondary N) is 2. The van der Waals surface area contributed by atoms with Crippen LogP contribution < -0.4 is 10.6 Å². The van der Waals surface area contributed by atoms with Gasteiger partial charge in [0.2, 0.25) is 0 Å². The highest BCUT2D eigenvalue weighted by molar-refractivity contribution is 7.90. The first kappa shape index (κ1) is 17.8. The van der Waals surface area contributed by atoms with E-state index in [9.17, 15) is 8.42 Å². The fourth-order valence-corrected chi connectivity index (χ4v) is 3.81. The summed E-state index contributed by atoms with van der Waals surface area (Å²) in [5.74, 6) is 1.77. The van der Waals surface area contributed by atoms with Crippen LogP contribution in [0.2, 0.25) is 0 Å². The predicted molar refractivity (Wildman–Crippen MR) is 95.2 cm³/mol. The summed E-state index contributed by atoms with van der Waals surface area (Å²) in [5, 5.41) is 6.57. The lowest BCUT2D eigenvalue weighted by molar-refractivity contribution is 0.592. The number of hydrogen-bond acceptors (Lipinski definition) is 3. The monoisotopic (exact) mass is 337 g/mol. The summed E-state index contributed by atoms with van der Waals surface area (Å²) in [6, 6.07) is 9.82. The lowest BCUT2D eigenvalue weighted by Crippen LogP contribution is -2.39. The van der Waals surface area contributed by atoms with Crippen LogP contribution in [0.25, 0.3) is 0 Å². The quantitative estimate of drug-likeness (QED) is 0.432. The van der Waals surface area contributed by atoms with E-state index in [2.05, 4.69) is 22.5 Å². The van der Waals surface area contributed by atoms with Gasteiger partial charge in [0.15, 0.2) is 15.8 Å². The zero-order chi connectivity index (χ0) is 16.7. The summed E-state index contributed by atoms with van der Waals surface area (Å²) in [5.41, 5.74) is 0.841. The summed E-state index contributed by atoms with van der Waals surface area (Å²) in [6.07, 6.45) is 1.72. The number of rotatable bonds is 8. The van der Waals surface area contributed by atoms with Gasteiger partial charge in [-0.2, -0.15) is 0 Å². The molecule has 0 amide bonds. The van der Waals surface area contributed by atoms with Gasteiger partial charge in [-0.1, -0.05) is 37.3 Å². The minimum atomic E-state index is -3.07. The van der Waals surface area contributed by atoms with Crippen LogP contribution in [0, 0.1) is 5.92 Å². The third kappa shape index (κ3) is 6.60. The van der Waals surface area contributed by atoms with Crippen molar-refractivity contribution in [3.63, 3.8) is 0 Å². The van der Waals surface area contributed by atoms with Crippen LogP contribution in [-0.2, 0) is 15.6 Å². The van der Waals surface area contributed by atoms with Gasteiger partial charge in [-0.15, -0.1) is 0 Å². The predicted octanol–water partition coefficient (Wildman–Crippen LogP) is 1.95. The summed E-state index contributed by atoms with van der Waals surface area (Å²) in [6.45, 7) is 5.55. The molecule has 6 heteroatoms. The molecule has 0 aromatic heterocycles. The Kier molecular flexibility index (Phi) is 6.45. The van der Waals surface area contributed by atoms with Gasteiger partial charge in [-0.3, -0.25) is 4.99 Å². The number of sulfone groups is 1. The zero-order valence-corrected chi connectivity index (χ0v) is 14.8. The van der Waals surface area contributed by atoms with Gasteiger partial charge in [-0.05, 0) is 31.2 Å². The van der Waals surface area contributed by atoms with Gasteiger partial charge in [0, 0.05) is 19.1 Å². The Morgan fingerprint density at radius 2 is 2.00 bits per heavy atom. The van der Waals surface area contributed by atoms with E-state index in [4.69, 9.17) is 0 Å². The molecule has 2 atom stereocenters. The highest BCUT2D eigenvalue weighted by Crippen LogP contribution is 2.28. The lowest BCUT2D eigenvalue weighted by atomic mass is 10.2. The van der Waals surface area contributed by atoms with Gasteiger partial charge in [0.05, 0.1) is 11.5 Å². The molecule has 0 heterocycles. The molecule has 5 nitrogen and oxygen atoms in total. The van der Waals surface area contributed by atoms with Crippen LogP contribution >= 0.6 is 0 Å². The minimum Gasteiger partial charge on any atom is -0.357 e. The third-order valence-corrected chi connectivity index (χ3v) is 5.57. The van der Waals surface area contributed by atoms with Crippen LogP contribution in [-0.4, -0.2) is 39.3 Å². The second kappa shape index (κ2) is 8.34. The maximum Gasteiger partial charge on any atom is 0.191 e. The minimum absolute atomic E-state index is 0.107. The Morgan fingerprint density at radius 1 is 1.30 bits per heavy atom. The van der Waals surface area contributed by atoms with E-state index in [1.54, 1.807) is 0 Å². The first-order valence-corrected chi connectivity index (χ1v) is 10.1. The topological polar surface area (TPSA) is 70.6 Å². The highest BCUT2D eigenvalue weighted by Gasteiger charge is 2.33. The van der Waals surface area contributed by atoms with E-state index in [1.807, 2.05) is 37.3 Å². The average Bonchev–Trinajstić information content (AvgIpc) is 3.19. The summed E-state index contributed by atoms with van der Waals surface area (Å²) in [4.78, 5) is 4.47. The Labute approximate surface area is 139 Å². The van der Waals surface area contributed by atoms with Crippen molar-refractivity contribution in [2.75, 3.05) is 18.8 Å². The molecule has 0 spiro atoms. The van der Waals surface area contributed by atoms with Crippen molar-refractivity contribution >= 4 is 15.8 Å². The molecule has 23 heavy (non-hydrogen) atoms. The van der Waals surface area contributed by atoms with E-state index in [0.29, 0.717) is 24.9 Å². The van der Waals surface area contributed by atoms with Crippen LogP contribution in [0.5, 0.6) is 0 Å². The van der Waals surface area contributed by atoms with Crippen LogP contribution in [0.4, 0.5) is 0 Å². The Morgan fingerprint density at radius 3 is 2.61 bits per heavy atom. The van der Waals surface area contributed by atoms with E-state index in [-0.39, 0.29) is 11.5 Å². The molecular weight excluding hydrogens is 310 g/mol. The fourth-order valence-electron chi connectivity index (χ4n) is 2.39. The molecule has 128 valence electrons. The van der Waals surface area contributed by atoms with E-state index in [0.717, 1.165) is 18.1 Å². The normalized spacial score (nSPS) is 21.0. The molecule has 2 N–H and O–H groups in total. The first-order chi connectivity index (χ1) is 11.0.